The lowest BCUT2D eigenvalue weighted by Crippen LogP contribution is -2.01. The zero-order valence-corrected chi connectivity index (χ0v) is 12.9. The van der Waals surface area contributed by atoms with Gasteiger partial charge in [-0.05, 0) is 49.0 Å². The lowest BCUT2D eigenvalue weighted by Gasteiger charge is -2.07. The highest BCUT2D eigenvalue weighted by molar-refractivity contribution is 7.99. The van der Waals surface area contributed by atoms with Gasteiger partial charge in [-0.15, -0.1) is 0 Å². The Balaban J connectivity index is 1.61. The Morgan fingerprint density at radius 1 is 1.25 bits per heavy atom. The molecule has 0 aliphatic heterocycles. The summed E-state index contributed by atoms with van der Waals surface area (Å²) in [6.07, 6.45) is 4.19. The van der Waals surface area contributed by atoms with Crippen LogP contribution in [-0.2, 0) is 0 Å². The number of isothiocyanates is 1. The molecule has 0 saturated heterocycles. The summed E-state index contributed by atoms with van der Waals surface area (Å²) in [4.78, 5) is 7.09. The minimum absolute atomic E-state index is 0.743. The molecule has 0 spiro atoms. The van der Waals surface area contributed by atoms with E-state index in [-0.39, 0.29) is 0 Å². The van der Waals surface area contributed by atoms with E-state index in [9.17, 15) is 0 Å². The van der Waals surface area contributed by atoms with Gasteiger partial charge in [0.1, 0.15) is 5.75 Å². The maximum atomic E-state index is 5.84. The van der Waals surface area contributed by atoms with Gasteiger partial charge in [0.15, 0.2) is 0 Å². The fourth-order valence-electron chi connectivity index (χ4n) is 1.94. The van der Waals surface area contributed by atoms with Crippen molar-refractivity contribution in [2.45, 2.75) is 12.8 Å². The second-order valence-corrected chi connectivity index (χ2v) is 5.74. The first-order chi connectivity index (χ1) is 9.92. The number of aromatic amines is 1. The Morgan fingerprint density at radius 3 is 3.10 bits per heavy atom. The number of rotatable bonds is 9. The number of nitrogens with one attached hydrogen (secondary N) is 1. The molecule has 0 saturated carbocycles. The molecule has 1 aromatic heterocycles. The zero-order chi connectivity index (χ0) is 14.0. The van der Waals surface area contributed by atoms with Crippen LogP contribution in [-0.4, -0.2) is 34.8 Å². The standard InChI is InChI=1S/C15H18N2OS2/c19-12-16-7-1-2-10-20-11-9-18-15-5-3-4-14-13(15)6-8-17-14/h3-6,8,17H,1-2,7,9-11H2. The number of aliphatic imine (C=N–C) groups is 1. The fraction of sp³-hybridized carbons (Fsp3) is 0.400. The Hall–Kier alpha value is -1.29. The number of ether oxygens (including phenoxy) is 1. The molecule has 106 valence electrons. The molecule has 0 radical (unpaired) electrons. The molecule has 2 aromatic rings. The Labute approximate surface area is 128 Å². The van der Waals surface area contributed by atoms with Gasteiger partial charge >= 0.3 is 0 Å². The van der Waals surface area contributed by atoms with Crippen molar-refractivity contribution in [2.24, 2.45) is 4.99 Å². The van der Waals surface area contributed by atoms with Gasteiger partial charge in [-0.3, -0.25) is 0 Å². The van der Waals surface area contributed by atoms with Crippen LogP contribution in [0.4, 0.5) is 0 Å². The van der Waals surface area contributed by atoms with Gasteiger partial charge in [0.05, 0.1) is 11.8 Å². The van der Waals surface area contributed by atoms with E-state index in [1.807, 2.05) is 30.1 Å². The van der Waals surface area contributed by atoms with Crippen LogP contribution < -0.4 is 4.74 Å². The predicted octanol–water partition coefficient (Wildman–Crippen LogP) is 4.16. The Morgan fingerprint density at radius 2 is 2.20 bits per heavy atom. The zero-order valence-electron chi connectivity index (χ0n) is 11.3. The highest BCUT2D eigenvalue weighted by Gasteiger charge is 2.01. The van der Waals surface area contributed by atoms with E-state index < -0.39 is 0 Å². The van der Waals surface area contributed by atoms with Crippen molar-refractivity contribution >= 4 is 40.0 Å². The third kappa shape index (κ3) is 4.67. The number of fused-ring (bicyclic) bond motifs is 1. The van der Waals surface area contributed by atoms with Gasteiger partial charge in [-0.1, -0.05) is 6.07 Å². The van der Waals surface area contributed by atoms with E-state index in [1.54, 1.807) is 0 Å². The monoisotopic (exact) mass is 306 g/mol. The summed E-state index contributed by atoms with van der Waals surface area (Å²) < 4.78 is 5.84. The van der Waals surface area contributed by atoms with Crippen molar-refractivity contribution in [3.05, 3.63) is 30.5 Å². The van der Waals surface area contributed by atoms with E-state index in [0.29, 0.717) is 0 Å². The number of hydrogen-bond acceptors (Lipinski definition) is 4. The molecule has 1 N–H and O–H groups in total. The van der Waals surface area contributed by atoms with Crippen molar-refractivity contribution in [3.63, 3.8) is 0 Å². The number of benzene rings is 1. The topological polar surface area (TPSA) is 37.4 Å². The first-order valence-corrected chi connectivity index (χ1v) is 8.28. The summed E-state index contributed by atoms with van der Waals surface area (Å²) in [7, 11) is 0. The average molecular weight is 306 g/mol. The van der Waals surface area contributed by atoms with Crippen molar-refractivity contribution in [1.29, 1.82) is 0 Å². The highest BCUT2D eigenvalue weighted by atomic mass is 32.2. The summed E-state index contributed by atoms with van der Waals surface area (Å²) in [5.41, 5.74) is 1.12. The smallest absolute Gasteiger partial charge is 0.128 e. The normalized spacial score (nSPS) is 10.4. The molecule has 1 aromatic carbocycles. The number of thioether (sulfide) groups is 1. The second-order valence-electron chi connectivity index (χ2n) is 4.34. The SMILES string of the molecule is S=C=NCCCCSCCOc1cccc2[nH]ccc12. The number of hydrogen-bond donors (Lipinski definition) is 1. The fourth-order valence-corrected chi connectivity index (χ4v) is 2.84. The van der Waals surface area contributed by atoms with Gasteiger partial charge < -0.3 is 9.72 Å². The van der Waals surface area contributed by atoms with Crippen LogP contribution in [0.2, 0.25) is 0 Å². The number of aromatic nitrogens is 1. The molecule has 0 bridgehead atoms. The summed E-state index contributed by atoms with van der Waals surface area (Å²) >= 11 is 6.44. The maximum absolute atomic E-state index is 5.84. The lowest BCUT2D eigenvalue weighted by molar-refractivity contribution is 0.348. The summed E-state index contributed by atoms with van der Waals surface area (Å²) in [5.74, 6) is 3.11. The molecule has 0 fully saturated rings. The van der Waals surface area contributed by atoms with Crippen LogP contribution >= 0.6 is 24.0 Å². The molecule has 0 atom stereocenters. The van der Waals surface area contributed by atoms with Crippen LogP contribution in [0.3, 0.4) is 0 Å². The molecule has 0 aliphatic carbocycles. The number of unbranched alkanes of at least 4 members (excludes halogenated alkanes) is 1. The Bertz CT molecular complexity index is 576. The minimum Gasteiger partial charge on any atom is -0.492 e. The van der Waals surface area contributed by atoms with E-state index in [0.717, 1.165) is 47.7 Å². The first kappa shape index (κ1) is 15.1. The van der Waals surface area contributed by atoms with Crippen LogP contribution in [0.1, 0.15) is 12.8 Å². The molecule has 3 nitrogen and oxygen atoms in total. The molecule has 0 unspecified atom stereocenters. The largest absolute Gasteiger partial charge is 0.492 e. The van der Waals surface area contributed by atoms with Crippen molar-refractivity contribution < 1.29 is 4.74 Å². The molecule has 0 amide bonds. The summed E-state index contributed by atoms with van der Waals surface area (Å²) in [6, 6.07) is 8.14. The molecular weight excluding hydrogens is 288 g/mol. The highest BCUT2D eigenvalue weighted by Crippen LogP contribution is 2.24. The first-order valence-electron chi connectivity index (χ1n) is 6.72. The van der Waals surface area contributed by atoms with E-state index in [4.69, 9.17) is 4.74 Å². The molecule has 20 heavy (non-hydrogen) atoms. The molecule has 2 rings (SSSR count). The molecule has 5 heteroatoms. The van der Waals surface area contributed by atoms with Crippen LogP contribution in [0.5, 0.6) is 5.75 Å². The van der Waals surface area contributed by atoms with Crippen molar-refractivity contribution in [3.8, 4) is 5.75 Å². The van der Waals surface area contributed by atoms with Gasteiger partial charge in [0, 0.05) is 29.4 Å². The van der Waals surface area contributed by atoms with Crippen LogP contribution in [0.15, 0.2) is 35.5 Å². The Kier molecular flexibility index (Phi) is 6.64. The van der Waals surface area contributed by atoms with Gasteiger partial charge in [-0.25, -0.2) is 4.99 Å². The molecule has 1 heterocycles. The predicted molar refractivity (Wildman–Crippen MR) is 90.2 cm³/mol. The third-order valence-electron chi connectivity index (χ3n) is 2.91. The van der Waals surface area contributed by atoms with E-state index in [1.165, 1.54) is 6.42 Å². The van der Waals surface area contributed by atoms with E-state index >= 15 is 0 Å². The van der Waals surface area contributed by atoms with Crippen LogP contribution in [0, 0.1) is 0 Å². The number of thiocarbonyl (C=S) groups is 1. The minimum atomic E-state index is 0.743. The molecule has 0 aliphatic rings. The summed E-state index contributed by atoms with van der Waals surface area (Å²) in [6.45, 7) is 1.54. The number of H-pyrrole nitrogens is 1. The maximum Gasteiger partial charge on any atom is 0.128 e. The second kappa shape index (κ2) is 8.80. The lowest BCUT2D eigenvalue weighted by atomic mass is 10.2. The van der Waals surface area contributed by atoms with Crippen LogP contribution in [0.25, 0.3) is 10.9 Å². The average Bonchev–Trinajstić information content (AvgIpc) is 2.95. The molecular formula is C15H18N2OS2. The van der Waals surface area contributed by atoms with Gasteiger partial charge in [0.2, 0.25) is 0 Å². The van der Waals surface area contributed by atoms with Crippen molar-refractivity contribution in [1.82, 2.24) is 4.98 Å². The summed E-state index contributed by atoms with van der Waals surface area (Å²) in [5, 5.41) is 3.54. The van der Waals surface area contributed by atoms with Crippen molar-refractivity contribution in [2.75, 3.05) is 24.7 Å². The quantitative estimate of drug-likeness (QED) is 0.429. The number of nitrogens with zero attached hydrogens (tertiary/aromatic N) is 1. The third-order valence-corrected chi connectivity index (χ3v) is 4.08. The van der Waals surface area contributed by atoms with Gasteiger partial charge in [0.25, 0.3) is 0 Å². The van der Waals surface area contributed by atoms with Gasteiger partial charge in [-0.2, -0.15) is 11.8 Å². The van der Waals surface area contributed by atoms with E-state index in [2.05, 4.69) is 39.5 Å².